The molecule has 10 nitrogen and oxygen atoms in total. The highest BCUT2D eigenvalue weighted by Crippen LogP contribution is 2.37. The first kappa shape index (κ1) is 22.9. The van der Waals surface area contributed by atoms with Crippen LogP contribution in [0.25, 0.3) is 23.1 Å². The molecule has 1 fully saturated rings. The largest absolute Gasteiger partial charge is 0.493 e. The van der Waals surface area contributed by atoms with Gasteiger partial charge in [-0.3, -0.25) is 4.98 Å². The summed E-state index contributed by atoms with van der Waals surface area (Å²) >= 11 is 0. The Labute approximate surface area is 192 Å². The van der Waals surface area contributed by atoms with Gasteiger partial charge in [0.1, 0.15) is 5.82 Å². The number of nitrogens with one attached hydrogen (secondary N) is 1. The highest BCUT2D eigenvalue weighted by atomic mass is 32.2. The van der Waals surface area contributed by atoms with Gasteiger partial charge in [0.05, 0.1) is 19.7 Å². The van der Waals surface area contributed by atoms with Crippen molar-refractivity contribution < 1.29 is 17.9 Å². The average molecular weight is 471 g/mol. The van der Waals surface area contributed by atoms with Crippen molar-refractivity contribution in [3.05, 3.63) is 48.0 Å². The number of aromatic nitrogens is 3. The lowest BCUT2D eigenvalue weighted by molar-refractivity contribution is 0.355. The number of fused-ring (bicyclic) bond motifs is 1. The molecule has 1 aliphatic heterocycles. The van der Waals surface area contributed by atoms with E-state index in [4.69, 9.17) is 24.6 Å². The number of anilines is 1. The van der Waals surface area contributed by atoms with Gasteiger partial charge in [0.2, 0.25) is 0 Å². The molecule has 1 saturated heterocycles. The van der Waals surface area contributed by atoms with E-state index in [0.717, 1.165) is 35.4 Å². The Kier molecular flexibility index (Phi) is 6.72. The van der Waals surface area contributed by atoms with Crippen LogP contribution in [0, 0.1) is 5.92 Å². The Morgan fingerprint density at radius 2 is 1.94 bits per heavy atom. The lowest BCUT2D eigenvalue weighted by atomic mass is 9.96. The fourth-order valence-corrected chi connectivity index (χ4v) is 4.15. The number of benzene rings is 1. The van der Waals surface area contributed by atoms with Crippen LogP contribution in [0.1, 0.15) is 17.8 Å². The van der Waals surface area contributed by atoms with E-state index in [1.165, 1.54) is 0 Å². The Bertz CT molecular complexity index is 1260. The van der Waals surface area contributed by atoms with E-state index >= 15 is 0 Å². The third-order valence-corrected chi connectivity index (χ3v) is 6.03. The van der Waals surface area contributed by atoms with Crippen molar-refractivity contribution in [2.75, 3.05) is 38.8 Å². The van der Waals surface area contributed by atoms with E-state index < -0.39 is 10.2 Å². The second-order valence-corrected chi connectivity index (χ2v) is 9.13. The van der Waals surface area contributed by atoms with Crippen molar-refractivity contribution in [3.8, 4) is 11.5 Å². The molecule has 0 saturated carbocycles. The highest BCUT2D eigenvalue weighted by Gasteiger charge is 2.29. The third-order valence-electron chi connectivity index (χ3n) is 5.42. The fraction of sp³-hybridized carbons (Fsp3) is 0.318. The van der Waals surface area contributed by atoms with Crippen molar-refractivity contribution in [2.24, 2.45) is 11.1 Å². The molecule has 0 radical (unpaired) electrons. The average Bonchev–Trinajstić information content (AvgIpc) is 2.77. The zero-order valence-electron chi connectivity index (χ0n) is 18.4. The SMILES string of the molecule is COc1cc2nc(/C=C/c3cccnc3)nc(N3CC(CCNS(N)(=O)=O)C3)c2cc1OC. The molecule has 3 heterocycles. The van der Waals surface area contributed by atoms with Gasteiger partial charge in [-0.1, -0.05) is 6.07 Å². The van der Waals surface area contributed by atoms with Crippen LogP contribution < -0.4 is 24.2 Å². The molecule has 3 aromatic rings. The van der Waals surface area contributed by atoms with Gasteiger partial charge in [0, 0.05) is 43.5 Å². The van der Waals surface area contributed by atoms with Gasteiger partial charge in [0.15, 0.2) is 17.3 Å². The smallest absolute Gasteiger partial charge is 0.274 e. The summed E-state index contributed by atoms with van der Waals surface area (Å²) in [7, 11) is -0.491. The minimum absolute atomic E-state index is 0.311. The maximum atomic E-state index is 11.1. The van der Waals surface area contributed by atoms with Gasteiger partial charge in [-0.2, -0.15) is 8.42 Å². The Morgan fingerprint density at radius 1 is 1.18 bits per heavy atom. The van der Waals surface area contributed by atoms with Crippen LogP contribution in [0.15, 0.2) is 36.7 Å². The van der Waals surface area contributed by atoms with Gasteiger partial charge >= 0.3 is 0 Å². The standard InChI is InChI=1S/C22H26N6O4S/c1-31-19-10-17-18(11-20(19)32-2)26-21(6-5-15-4-3-8-24-12-15)27-22(17)28-13-16(14-28)7-9-25-33(23,29)30/h3-6,8,10-12,16,25H,7,9,13-14H2,1-2H3,(H2,23,29,30)/b6-5+. The van der Waals surface area contributed by atoms with Crippen molar-refractivity contribution in [1.29, 1.82) is 0 Å². The van der Waals surface area contributed by atoms with E-state index in [-0.39, 0.29) is 0 Å². The summed E-state index contributed by atoms with van der Waals surface area (Å²) in [6.45, 7) is 1.81. The molecule has 1 aliphatic rings. The summed E-state index contributed by atoms with van der Waals surface area (Å²) in [5.74, 6) is 2.88. The first-order valence-corrected chi connectivity index (χ1v) is 11.9. The van der Waals surface area contributed by atoms with Gasteiger partial charge in [-0.25, -0.2) is 19.8 Å². The van der Waals surface area contributed by atoms with Crippen LogP contribution in [-0.2, 0) is 10.2 Å². The summed E-state index contributed by atoms with van der Waals surface area (Å²) in [6, 6.07) is 7.55. The molecule has 3 N–H and O–H groups in total. The summed E-state index contributed by atoms with van der Waals surface area (Å²) < 4.78 is 35.4. The number of hydrogen-bond acceptors (Lipinski definition) is 8. The van der Waals surface area contributed by atoms with E-state index in [9.17, 15) is 8.42 Å². The lowest BCUT2D eigenvalue weighted by Gasteiger charge is -2.40. The van der Waals surface area contributed by atoms with Crippen LogP contribution in [-0.4, -0.2) is 57.2 Å². The first-order valence-electron chi connectivity index (χ1n) is 10.4. The Hall–Kier alpha value is -3.28. The molecule has 0 unspecified atom stereocenters. The van der Waals surface area contributed by atoms with Crippen LogP contribution >= 0.6 is 0 Å². The van der Waals surface area contributed by atoms with E-state index in [0.29, 0.717) is 36.2 Å². The van der Waals surface area contributed by atoms with E-state index in [1.54, 1.807) is 26.6 Å². The molecular weight excluding hydrogens is 444 g/mol. The number of nitrogens with zero attached hydrogens (tertiary/aromatic N) is 4. The maximum Gasteiger partial charge on any atom is 0.274 e. The lowest BCUT2D eigenvalue weighted by Crippen LogP contribution is -2.48. The van der Waals surface area contributed by atoms with Crippen molar-refractivity contribution in [2.45, 2.75) is 6.42 Å². The summed E-state index contributed by atoms with van der Waals surface area (Å²) in [6.07, 6.45) is 7.95. The summed E-state index contributed by atoms with van der Waals surface area (Å²) in [5, 5.41) is 5.86. The zero-order chi connectivity index (χ0) is 23.4. The van der Waals surface area contributed by atoms with Crippen molar-refractivity contribution in [3.63, 3.8) is 0 Å². The molecule has 0 spiro atoms. The Morgan fingerprint density at radius 3 is 2.61 bits per heavy atom. The molecule has 2 aromatic heterocycles. The molecule has 0 atom stereocenters. The third kappa shape index (κ3) is 5.56. The number of nitrogens with two attached hydrogens (primary N) is 1. The zero-order valence-corrected chi connectivity index (χ0v) is 19.2. The molecule has 33 heavy (non-hydrogen) atoms. The molecule has 0 aliphatic carbocycles. The highest BCUT2D eigenvalue weighted by molar-refractivity contribution is 7.87. The predicted octanol–water partition coefficient (Wildman–Crippen LogP) is 1.83. The maximum absolute atomic E-state index is 11.1. The molecule has 11 heteroatoms. The van der Waals surface area contributed by atoms with Gasteiger partial charge < -0.3 is 14.4 Å². The van der Waals surface area contributed by atoms with Gasteiger partial charge in [-0.05, 0) is 42.2 Å². The minimum atomic E-state index is -3.67. The second kappa shape index (κ2) is 9.69. The number of rotatable bonds is 9. The first-order chi connectivity index (χ1) is 15.9. The predicted molar refractivity (Wildman–Crippen MR) is 127 cm³/mol. The second-order valence-electron chi connectivity index (χ2n) is 7.75. The Balaban J connectivity index is 1.62. The normalized spacial score (nSPS) is 14.6. The van der Waals surface area contributed by atoms with Crippen LogP contribution in [0.3, 0.4) is 0 Å². The van der Waals surface area contributed by atoms with Crippen LogP contribution in [0.4, 0.5) is 5.82 Å². The molecule has 0 amide bonds. The van der Waals surface area contributed by atoms with E-state index in [1.807, 2.05) is 36.4 Å². The van der Waals surface area contributed by atoms with Gasteiger partial charge in [0.25, 0.3) is 10.2 Å². The molecular formula is C22H26N6O4S. The van der Waals surface area contributed by atoms with Crippen LogP contribution in [0.2, 0.25) is 0 Å². The number of methoxy groups -OCH3 is 2. The monoisotopic (exact) mass is 470 g/mol. The molecule has 0 bridgehead atoms. The number of pyridine rings is 1. The molecule has 4 rings (SSSR count). The number of ether oxygens (including phenoxy) is 2. The fourth-order valence-electron chi connectivity index (χ4n) is 3.75. The number of hydrogen-bond donors (Lipinski definition) is 2. The minimum Gasteiger partial charge on any atom is -0.493 e. The van der Waals surface area contributed by atoms with Crippen molar-refractivity contribution >= 4 is 39.1 Å². The van der Waals surface area contributed by atoms with Crippen LogP contribution in [0.5, 0.6) is 11.5 Å². The molecule has 174 valence electrons. The van der Waals surface area contributed by atoms with Crippen molar-refractivity contribution in [1.82, 2.24) is 19.7 Å². The quantitative estimate of drug-likeness (QED) is 0.484. The van der Waals surface area contributed by atoms with Gasteiger partial charge in [-0.15, -0.1) is 0 Å². The summed E-state index contributed by atoms with van der Waals surface area (Å²) in [4.78, 5) is 15.8. The van der Waals surface area contributed by atoms with E-state index in [2.05, 4.69) is 14.6 Å². The topological polar surface area (TPSA) is 133 Å². The summed E-state index contributed by atoms with van der Waals surface area (Å²) in [5.41, 5.74) is 1.68. The molecule has 1 aromatic carbocycles.